The standard InChI is InChI=1S/C18H22ClN3O2/c1-3-22-10-16(17(11-22)24-2)21-18(23)20-15-9-8-14(19)12-6-4-5-7-13(12)15/h4-9,16-17H,3,10-11H2,1-2H3,(H2,20,21,23)/t16-,17-/m1/s1. The van der Waals surface area contributed by atoms with Crippen molar-refractivity contribution < 1.29 is 9.53 Å². The van der Waals surface area contributed by atoms with Crippen LogP contribution in [-0.2, 0) is 4.74 Å². The largest absolute Gasteiger partial charge is 0.378 e. The number of nitrogens with zero attached hydrogens (tertiary/aromatic N) is 1. The number of methoxy groups -OCH3 is 1. The molecular weight excluding hydrogens is 326 g/mol. The van der Waals surface area contributed by atoms with E-state index in [-0.39, 0.29) is 18.2 Å². The minimum Gasteiger partial charge on any atom is -0.378 e. The molecule has 0 aromatic heterocycles. The number of amides is 2. The zero-order valence-electron chi connectivity index (χ0n) is 13.9. The Morgan fingerprint density at radius 1 is 1.25 bits per heavy atom. The van der Waals surface area contributed by atoms with E-state index in [9.17, 15) is 4.79 Å². The summed E-state index contributed by atoms with van der Waals surface area (Å²) >= 11 is 6.22. The average Bonchev–Trinajstić information content (AvgIpc) is 2.99. The van der Waals surface area contributed by atoms with Crippen molar-refractivity contribution in [3.63, 3.8) is 0 Å². The molecule has 2 amide bonds. The molecule has 5 nitrogen and oxygen atoms in total. The number of benzene rings is 2. The number of rotatable bonds is 4. The highest BCUT2D eigenvalue weighted by atomic mass is 35.5. The van der Waals surface area contributed by atoms with Gasteiger partial charge in [-0.15, -0.1) is 0 Å². The number of likely N-dealkylation sites (N-methyl/N-ethyl adjacent to an activating group) is 1. The SMILES string of the molecule is CCN1C[C@@H](NC(=O)Nc2ccc(Cl)c3ccccc23)[C@H](OC)C1. The van der Waals surface area contributed by atoms with Crippen molar-refractivity contribution in [2.45, 2.75) is 19.1 Å². The summed E-state index contributed by atoms with van der Waals surface area (Å²) in [4.78, 5) is 14.7. The third kappa shape index (κ3) is 3.48. The Labute approximate surface area is 146 Å². The van der Waals surface area contributed by atoms with Crippen molar-refractivity contribution in [2.24, 2.45) is 0 Å². The number of nitrogens with one attached hydrogen (secondary N) is 2. The molecule has 1 heterocycles. The van der Waals surface area contributed by atoms with Gasteiger partial charge in [-0.3, -0.25) is 4.90 Å². The van der Waals surface area contributed by atoms with Crippen LogP contribution in [0.1, 0.15) is 6.92 Å². The number of hydrogen-bond donors (Lipinski definition) is 2. The van der Waals surface area contributed by atoms with E-state index in [2.05, 4.69) is 22.5 Å². The number of halogens is 1. The summed E-state index contributed by atoms with van der Waals surface area (Å²) in [5.41, 5.74) is 0.742. The molecule has 2 aromatic rings. The minimum atomic E-state index is -0.229. The number of anilines is 1. The highest BCUT2D eigenvalue weighted by Crippen LogP contribution is 2.29. The molecule has 3 rings (SSSR count). The summed E-state index contributed by atoms with van der Waals surface area (Å²) in [6.45, 7) is 4.68. The third-order valence-corrected chi connectivity index (χ3v) is 4.86. The van der Waals surface area contributed by atoms with E-state index in [0.29, 0.717) is 5.02 Å². The second-order valence-electron chi connectivity index (χ2n) is 5.97. The molecule has 0 aliphatic carbocycles. The molecule has 0 bridgehead atoms. The number of carbonyl (C=O) groups is 1. The van der Waals surface area contributed by atoms with Crippen molar-refractivity contribution in [3.05, 3.63) is 41.4 Å². The van der Waals surface area contributed by atoms with E-state index < -0.39 is 0 Å². The van der Waals surface area contributed by atoms with Gasteiger partial charge in [0.15, 0.2) is 0 Å². The lowest BCUT2D eigenvalue weighted by Gasteiger charge is -2.19. The molecule has 0 radical (unpaired) electrons. The molecule has 24 heavy (non-hydrogen) atoms. The quantitative estimate of drug-likeness (QED) is 0.892. The summed E-state index contributed by atoms with van der Waals surface area (Å²) < 4.78 is 5.49. The molecule has 0 saturated carbocycles. The molecular formula is C18H22ClN3O2. The van der Waals surface area contributed by atoms with Crippen molar-refractivity contribution in [1.82, 2.24) is 10.2 Å². The van der Waals surface area contributed by atoms with Crippen LogP contribution >= 0.6 is 11.6 Å². The predicted octanol–water partition coefficient (Wildman–Crippen LogP) is 3.33. The molecule has 2 aromatic carbocycles. The van der Waals surface area contributed by atoms with Crippen LogP contribution in [0.15, 0.2) is 36.4 Å². The minimum absolute atomic E-state index is 0.0117. The zero-order chi connectivity index (χ0) is 17.1. The van der Waals surface area contributed by atoms with Crippen LogP contribution in [-0.4, -0.2) is 49.8 Å². The number of hydrogen-bond acceptors (Lipinski definition) is 3. The molecule has 1 saturated heterocycles. The lowest BCUT2D eigenvalue weighted by atomic mass is 10.1. The highest BCUT2D eigenvalue weighted by molar-refractivity contribution is 6.36. The Morgan fingerprint density at radius 2 is 2.00 bits per heavy atom. The first-order valence-corrected chi connectivity index (χ1v) is 8.50. The summed E-state index contributed by atoms with van der Waals surface area (Å²) in [7, 11) is 1.68. The van der Waals surface area contributed by atoms with Crippen LogP contribution < -0.4 is 10.6 Å². The van der Waals surface area contributed by atoms with Gasteiger partial charge in [-0.25, -0.2) is 4.79 Å². The lowest BCUT2D eigenvalue weighted by Crippen LogP contribution is -2.45. The Balaban J connectivity index is 1.73. The van der Waals surface area contributed by atoms with Crippen LogP contribution in [0.5, 0.6) is 0 Å². The fourth-order valence-electron chi connectivity index (χ4n) is 3.19. The predicted molar refractivity (Wildman–Crippen MR) is 97.8 cm³/mol. The van der Waals surface area contributed by atoms with Crippen molar-refractivity contribution >= 4 is 34.1 Å². The van der Waals surface area contributed by atoms with Crippen LogP contribution in [0.4, 0.5) is 10.5 Å². The molecule has 0 spiro atoms. The van der Waals surface area contributed by atoms with Crippen molar-refractivity contribution in [1.29, 1.82) is 0 Å². The molecule has 1 aliphatic heterocycles. The maximum atomic E-state index is 12.4. The summed E-state index contributed by atoms with van der Waals surface area (Å²) in [5.74, 6) is 0. The smallest absolute Gasteiger partial charge is 0.319 e. The second kappa shape index (κ2) is 7.38. The summed E-state index contributed by atoms with van der Waals surface area (Å²) in [6, 6.07) is 11.1. The number of ether oxygens (including phenoxy) is 1. The zero-order valence-corrected chi connectivity index (χ0v) is 14.6. The molecule has 2 N–H and O–H groups in total. The Morgan fingerprint density at radius 3 is 2.71 bits per heavy atom. The Bertz CT molecular complexity index is 737. The van der Waals surface area contributed by atoms with Crippen LogP contribution in [0.2, 0.25) is 5.02 Å². The fraction of sp³-hybridized carbons (Fsp3) is 0.389. The van der Waals surface area contributed by atoms with Crippen LogP contribution in [0.3, 0.4) is 0 Å². The molecule has 128 valence electrons. The van der Waals surface area contributed by atoms with Gasteiger partial charge < -0.3 is 15.4 Å². The number of likely N-dealkylation sites (tertiary alicyclic amines) is 1. The maximum absolute atomic E-state index is 12.4. The molecule has 1 aliphatic rings. The van der Waals surface area contributed by atoms with E-state index >= 15 is 0 Å². The van der Waals surface area contributed by atoms with E-state index in [4.69, 9.17) is 16.3 Å². The normalized spacial score (nSPS) is 21.1. The first-order valence-electron chi connectivity index (χ1n) is 8.12. The van der Waals surface area contributed by atoms with Gasteiger partial charge in [-0.2, -0.15) is 0 Å². The van der Waals surface area contributed by atoms with Crippen molar-refractivity contribution in [3.8, 4) is 0 Å². The topological polar surface area (TPSA) is 53.6 Å². The summed E-state index contributed by atoms with van der Waals surface area (Å²) in [6.07, 6.45) is 0.0117. The third-order valence-electron chi connectivity index (χ3n) is 4.53. The first-order chi connectivity index (χ1) is 11.6. The highest BCUT2D eigenvalue weighted by Gasteiger charge is 2.33. The Hall–Kier alpha value is -1.82. The van der Waals surface area contributed by atoms with Gasteiger partial charge in [0.2, 0.25) is 0 Å². The second-order valence-corrected chi connectivity index (χ2v) is 6.38. The fourth-order valence-corrected chi connectivity index (χ4v) is 3.41. The van der Waals surface area contributed by atoms with E-state index in [1.807, 2.05) is 30.3 Å². The van der Waals surface area contributed by atoms with Gasteiger partial charge in [0.1, 0.15) is 0 Å². The summed E-state index contributed by atoms with van der Waals surface area (Å²) in [5, 5.41) is 8.47. The molecule has 6 heteroatoms. The maximum Gasteiger partial charge on any atom is 0.319 e. The monoisotopic (exact) mass is 347 g/mol. The number of carbonyl (C=O) groups excluding carboxylic acids is 1. The van der Waals surface area contributed by atoms with Gasteiger partial charge in [-0.05, 0) is 18.7 Å². The number of urea groups is 1. The first kappa shape index (κ1) is 17.0. The van der Waals surface area contributed by atoms with Gasteiger partial charge in [-0.1, -0.05) is 42.8 Å². The van der Waals surface area contributed by atoms with E-state index in [0.717, 1.165) is 36.1 Å². The lowest BCUT2D eigenvalue weighted by molar-refractivity contribution is 0.0926. The van der Waals surface area contributed by atoms with Crippen molar-refractivity contribution in [2.75, 3.05) is 32.1 Å². The van der Waals surface area contributed by atoms with Gasteiger partial charge in [0.25, 0.3) is 0 Å². The van der Waals surface area contributed by atoms with Gasteiger partial charge in [0.05, 0.1) is 17.8 Å². The van der Waals surface area contributed by atoms with Crippen LogP contribution in [0, 0.1) is 0 Å². The van der Waals surface area contributed by atoms with Gasteiger partial charge >= 0.3 is 6.03 Å². The molecule has 0 unspecified atom stereocenters. The molecule has 1 fully saturated rings. The Kier molecular flexibility index (Phi) is 5.23. The van der Waals surface area contributed by atoms with Crippen LogP contribution in [0.25, 0.3) is 10.8 Å². The van der Waals surface area contributed by atoms with E-state index in [1.165, 1.54) is 0 Å². The number of fused-ring (bicyclic) bond motifs is 1. The van der Waals surface area contributed by atoms with Gasteiger partial charge in [0, 0.05) is 36.0 Å². The molecule has 2 atom stereocenters. The average molecular weight is 348 g/mol. The van der Waals surface area contributed by atoms with E-state index in [1.54, 1.807) is 13.2 Å².